The zero-order valence-corrected chi connectivity index (χ0v) is 15.1. The predicted molar refractivity (Wildman–Crippen MR) is 92.6 cm³/mol. The smallest absolute Gasteiger partial charge is 0.310 e. The number of hydrogen-bond donors (Lipinski definition) is 0. The van der Waals surface area contributed by atoms with Crippen LogP contribution in [0.5, 0.6) is 5.75 Å². The molecule has 0 amide bonds. The largest absolute Gasteiger partial charge is 0.496 e. The lowest BCUT2D eigenvalue weighted by Gasteiger charge is -2.10. The third-order valence-electron chi connectivity index (χ3n) is 3.48. The van der Waals surface area contributed by atoms with E-state index in [4.69, 9.17) is 9.47 Å². The highest BCUT2D eigenvalue weighted by molar-refractivity contribution is 7.09. The van der Waals surface area contributed by atoms with Crippen LogP contribution in [0.3, 0.4) is 0 Å². The lowest BCUT2D eigenvalue weighted by atomic mass is 10.1. The Morgan fingerprint density at radius 2 is 2.12 bits per heavy atom. The first-order valence-electron chi connectivity index (χ1n) is 7.58. The standard InChI is InChI=1S/C18H18N2O4S/c1-11-4-5-16(23-3)13(6-11)7-17(22)24-9-15(21)14(8-19)18-20-12(2)10-25-18/h4-6,10,14H,7,9H2,1-3H3/t14-/m0/s1. The average Bonchev–Trinajstić information content (AvgIpc) is 3.00. The predicted octanol–water partition coefficient (Wildman–Crippen LogP) is 2.73. The summed E-state index contributed by atoms with van der Waals surface area (Å²) in [4.78, 5) is 28.3. The highest BCUT2D eigenvalue weighted by Crippen LogP contribution is 2.22. The molecule has 6 nitrogen and oxygen atoms in total. The number of esters is 1. The number of carbonyl (C=O) groups excluding carboxylic acids is 2. The molecule has 2 rings (SSSR count). The molecular weight excluding hydrogens is 340 g/mol. The van der Waals surface area contributed by atoms with Crippen molar-refractivity contribution < 1.29 is 19.1 Å². The molecule has 0 saturated carbocycles. The number of nitriles is 1. The van der Waals surface area contributed by atoms with Crippen molar-refractivity contribution in [2.75, 3.05) is 13.7 Å². The van der Waals surface area contributed by atoms with Gasteiger partial charge in [0.05, 0.1) is 19.6 Å². The molecule has 0 aliphatic rings. The topological polar surface area (TPSA) is 89.3 Å². The average molecular weight is 358 g/mol. The van der Waals surface area contributed by atoms with Gasteiger partial charge in [-0.1, -0.05) is 17.7 Å². The quantitative estimate of drug-likeness (QED) is 0.707. The van der Waals surface area contributed by atoms with Crippen LogP contribution in [0.2, 0.25) is 0 Å². The second-order valence-corrected chi connectivity index (χ2v) is 6.40. The van der Waals surface area contributed by atoms with Gasteiger partial charge in [0.1, 0.15) is 10.8 Å². The van der Waals surface area contributed by atoms with Crippen LogP contribution in [0.15, 0.2) is 23.6 Å². The van der Waals surface area contributed by atoms with E-state index in [1.54, 1.807) is 18.4 Å². The number of thiazole rings is 1. The van der Waals surface area contributed by atoms with Crippen molar-refractivity contribution in [1.82, 2.24) is 4.98 Å². The number of ketones is 1. The van der Waals surface area contributed by atoms with E-state index in [0.29, 0.717) is 16.3 Å². The molecule has 1 heterocycles. The van der Waals surface area contributed by atoms with E-state index >= 15 is 0 Å². The third-order valence-corrected chi connectivity index (χ3v) is 4.51. The fourth-order valence-corrected chi connectivity index (χ4v) is 3.12. The van der Waals surface area contributed by atoms with Crippen LogP contribution in [-0.4, -0.2) is 30.5 Å². The zero-order valence-electron chi connectivity index (χ0n) is 14.2. The van der Waals surface area contributed by atoms with E-state index < -0.39 is 24.3 Å². The molecule has 0 spiro atoms. The number of methoxy groups -OCH3 is 1. The van der Waals surface area contributed by atoms with Crippen molar-refractivity contribution >= 4 is 23.1 Å². The van der Waals surface area contributed by atoms with Crippen molar-refractivity contribution in [2.45, 2.75) is 26.2 Å². The maximum absolute atomic E-state index is 12.2. The lowest BCUT2D eigenvalue weighted by Crippen LogP contribution is -2.20. The Morgan fingerprint density at radius 3 is 2.72 bits per heavy atom. The molecule has 1 aromatic heterocycles. The monoisotopic (exact) mass is 358 g/mol. The summed E-state index contributed by atoms with van der Waals surface area (Å²) in [5.41, 5.74) is 2.42. The van der Waals surface area contributed by atoms with Crippen LogP contribution in [0.1, 0.15) is 27.7 Å². The molecule has 2 aromatic rings. The Labute approximate surface area is 150 Å². The Morgan fingerprint density at radius 1 is 1.36 bits per heavy atom. The van der Waals surface area contributed by atoms with Crippen molar-refractivity contribution in [1.29, 1.82) is 5.26 Å². The number of aryl methyl sites for hydroxylation is 2. The van der Waals surface area contributed by atoms with Gasteiger partial charge in [0.25, 0.3) is 0 Å². The highest BCUT2D eigenvalue weighted by atomic mass is 32.1. The third kappa shape index (κ3) is 4.88. The first-order chi connectivity index (χ1) is 11.9. The van der Waals surface area contributed by atoms with Crippen molar-refractivity contribution in [2.24, 2.45) is 0 Å². The minimum atomic E-state index is -1.01. The molecule has 1 atom stereocenters. The van der Waals surface area contributed by atoms with Gasteiger partial charge in [-0.2, -0.15) is 5.26 Å². The Kier molecular flexibility index (Phi) is 6.25. The first-order valence-corrected chi connectivity index (χ1v) is 8.46. The number of aromatic nitrogens is 1. The van der Waals surface area contributed by atoms with E-state index in [1.807, 2.05) is 25.1 Å². The molecule has 25 heavy (non-hydrogen) atoms. The fourth-order valence-electron chi connectivity index (χ4n) is 2.26. The Hall–Kier alpha value is -2.72. The lowest BCUT2D eigenvalue weighted by molar-refractivity contribution is -0.147. The number of rotatable bonds is 7. The summed E-state index contributed by atoms with van der Waals surface area (Å²) in [6.07, 6.45) is -0.00822. The van der Waals surface area contributed by atoms with E-state index in [0.717, 1.165) is 11.3 Å². The van der Waals surface area contributed by atoms with Gasteiger partial charge in [-0.3, -0.25) is 9.59 Å². The molecule has 0 N–H and O–H groups in total. The van der Waals surface area contributed by atoms with Crippen LogP contribution < -0.4 is 4.74 Å². The Balaban J connectivity index is 1.96. The van der Waals surface area contributed by atoms with Crippen molar-refractivity contribution in [3.63, 3.8) is 0 Å². The van der Waals surface area contributed by atoms with Crippen LogP contribution in [0, 0.1) is 25.2 Å². The number of Topliss-reactive ketones (excluding diaryl/α,β-unsaturated/α-hetero) is 1. The maximum atomic E-state index is 12.2. The number of ether oxygens (including phenoxy) is 2. The van der Waals surface area contributed by atoms with Crippen LogP contribution in [-0.2, 0) is 20.7 Å². The van der Waals surface area contributed by atoms with Crippen molar-refractivity contribution in [3.05, 3.63) is 45.4 Å². The minimum Gasteiger partial charge on any atom is -0.496 e. The summed E-state index contributed by atoms with van der Waals surface area (Å²) in [7, 11) is 1.52. The fraction of sp³-hybridized carbons (Fsp3) is 0.333. The molecular formula is C18H18N2O4S. The van der Waals surface area contributed by atoms with Crippen LogP contribution in [0.4, 0.5) is 0 Å². The van der Waals surface area contributed by atoms with E-state index in [9.17, 15) is 14.9 Å². The Bertz CT molecular complexity index is 823. The van der Waals surface area contributed by atoms with E-state index in [-0.39, 0.29) is 6.42 Å². The summed E-state index contributed by atoms with van der Waals surface area (Å²) < 4.78 is 10.3. The normalized spacial score (nSPS) is 11.4. The molecule has 0 bridgehead atoms. The molecule has 0 saturated heterocycles. The van der Waals surface area contributed by atoms with Gasteiger partial charge in [-0.25, -0.2) is 4.98 Å². The van der Waals surface area contributed by atoms with E-state index in [1.165, 1.54) is 18.4 Å². The second-order valence-electron chi connectivity index (χ2n) is 5.51. The minimum absolute atomic E-state index is 0.00822. The van der Waals surface area contributed by atoms with Gasteiger partial charge in [0.15, 0.2) is 18.3 Å². The van der Waals surface area contributed by atoms with Gasteiger partial charge in [0, 0.05) is 16.6 Å². The molecule has 0 fully saturated rings. The molecule has 7 heteroatoms. The van der Waals surface area contributed by atoms with Gasteiger partial charge < -0.3 is 9.47 Å². The van der Waals surface area contributed by atoms with Gasteiger partial charge in [-0.15, -0.1) is 11.3 Å². The molecule has 1 aromatic carbocycles. The number of nitrogens with zero attached hydrogens (tertiary/aromatic N) is 2. The maximum Gasteiger partial charge on any atom is 0.310 e. The molecule has 0 radical (unpaired) electrons. The number of hydrogen-bond acceptors (Lipinski definition) is 7. The zero-order chi connectivity index (χ0) is 18.4. The van der Waals surface area contributed by atoms with Gasteiger partial charge in [0.2, 0.25) is 0 Å². The first kappa shape index (κ1) is 18.6. The summed E-state index contributed by atoms with van der Waals surface area (Å²) in [6.45, 7) is 3.24. The van der Waals surface area contributed by atoms with E-state index in [2.05, 4.69) is 4.98 Å². The second kappa shape index (κ2) is 8.40. The summed E-state index contributed by atoms with van der Waals surface area (Å²) in [6, 6.07) is 7.41. The summed E-state index contributed by atoms with van der Waals surface area (Å²) in [5.74, 6) is -1.47. The summed E-state index contributed by atoms with van der Waals surface area (Å²) in [5, 5.41) is 11.4. The van der Waals surface area contributed by atoms with Crippen LogP contribution >= 0.6 is 11.3 Å². The van der Waals surface area contributed by atoms with Gasteiger partial charge in [-0.05, 0) is 19.9 Å². The molecule has 0 unspecified atom stereocenters. The van der Waals surface area contributed by atoms with Crippen LogP contribution in [0.25, 0.3) is 0 Å². The van der Waals surface area contributed by atoms with Crippen molar-refractivity contribution in [3.8, 4) is 11.8 Å². The molecule has 0 aliphatic heterocycles. The number of carbonyl (C=O) groups is 2. The molecule has 0 aliphatic carbocycles. The van der Waals surface area contributed by atoms with Gasteiger partial charge >= 0.3 is 5.97 Å². The number of benzene rings is 1. The SMILES string of the molecule is COc1ccc(C)cc1CC(=O)OCC(=O)[C@H](C#N)c1nc(C)cs1. The molecule has 130 valence electrons. The highest BCUT2D eigenvalue weighted by Gasteiger charge is 2.24. The summed E-state index contributed by atoms with van der Waals surface area (Å²) >= 11 is 1.24.